The van der Waals surface area contributed by atoms with Gasteiger partial charge in [-0.15, -0.1) is 0 Å². The van der Waals surface area contributed by atoms with E-state index in [0.29, 0.717) is 12.4 Å². The zero-order valence-electron chi connectivity index (χ0n) is 14.3. The number of anilines is 1. The van der Waals surface area contributed by atoms with Crippen molar-refractivity contribution in [3.63, 3.8) is 0 Å². The van der Waals surface area contributed by atoms with Crippen LogP contribution in [0.1, 0.15) is 11.5 Å². The quantitative estimate of drug-likeness (QED) is 0.749. The average Bonchev–Trinajstić information content (AvgIpc) is 3.13. The molecule has 0 aliphatic carbocycles. The van der Waals surface area contributed by atoms with Gasteiger partial charge in [0, 0.05) is 30.2 Å². The molecule has 0 atom stereocenters. The van der Waals surface area contributed by atoms with Crippen LogP contribution in [0.4, 0.5) is 5.69 Å². The van der Waals surface area contributed by atoms with Gasteiger partial charge in [-0.05, 0) is 49.4 Å². The van der Waals surface area contributed by atoms with Crippen LogP contribution in [-0.2, 0) is 11.3 Å². The monoisotopic (exact) mass is 336 g/mol. The van der Waals surface area contributed by atoms with Crippen molar-refractivity contribution in [3.8, 4) is 11.4 Å². The third-order valence-corrected chi connectivity index (χ3v) is 3.78. The van der Waals surface area contributed by atoms with Crippen LogP contribution < -0.4 is 5.32 Å². The molecular weight excluding hydrogens is 316 g/mol. The summed E-state index contributed by atoms with van der Waals surface area (Å²) in [6, 6.07) is 13.2. The number of hydrogen-bond donors (Lipinski definition) is 1. The number of amides is 1. The predicted octanol–water partition coefficient (Wildman–Crippen LogP) is 3.12. The Kier molecular flexibility index (Phi) is 5.09. The van der Waals surface area contributed by atoms with E-state index in [4.69, 9.17) is 4.42 Å². The first-order valence-corrected chi connectivity index (χ1v) is 8.02. The van der Waals surface area contributed by atoms with Crippen molar-refractivity contribution in [2.75, 3.05) is 18.9 Å². The Morgan fingerprint density at radius 1 is 1.20 bits per heavy atom. The Hall–Kier alpha value is -3.15. The summed E-state index contributed by atoms with van der Waals surface area (Å²) in [6.45, 7) is 2.61. The average molecular weight is 336 g/mol. The van der Waals surface area contributed by atoms with E-state index in [1.165, 1.54) is 0 Å². The molecule has 2 aromatic heterocycles. The van der Waals surface area contributed by atoms with Crippen LogP contribution in [0.25, 0.3) is 11.4 Å². The number of rotatable bonds is 6. The van der Waals surface area contributed by atoms with Crippen molar-refractivity contribution in [2.24, 2.45) is 0 Å². The number of furan rings is 1. The number of carbonyl (C=O) groups excluding carboxylic acids is 1. The molecule has 2 heterocycles. The zero-order valence-corrected chi connectivity index (χ0v) is 14.3. The maximum absolute atomic E-state index is 12.2. The fraction of sp³-hybridized carbons (Fsp3) is 0.211. The number of aryl methyl sites for hydroxylation is 1. The molecule has 128 valence electrons. The van der Waals surface area contributed by atoms with E-state index < -0.39 is 0 Å². The van der Waals surface area contributed by atoms with Gasteiger partial charge < -0.3 is 14.6 Å². The van der Waals surface area contributed by atoms with Gasteiger partial charge in [0.25, 0.3) is 0 Å². The van der Waals surface area contributed by atoms with E-state index in [2.05, 4.69) is 15.3 Å². The first-order chi connectivity index (χ1) is 12.1. The smallest absolute Gasteiger partial charge is 0.242 e. The second-order valence-corrected chi connectivity index (χ2v) is 5.78. The van der Waals surface area contributed by atoms with Crippen LogP contribution in [0, 0.1) is 6.92 Å². The summed E-state index contributed by atoms with van der Waals surface area (Å²) in [5.41, 5.74) is 2.74. The normalized spacial score (nSPS) is 10.5. The highest BCUT2D eigenvalue weighted by molar-refractivity contribution is 5.80. The summed E-state index contributed by atoms with van der Waals surface area (Å²) in [6.07, 6.45) is 3.35. The molecule has 6 nitrogen and oxygen atoms in total. The number of nitrogens with zero attached hydrogens (tertiary/aromatic N) is 3. The van der Waals surface area contributed by atoms with Gasteiger partial charge in [-0.3, -0.25) is 4.79 Å². The van der Waals surface area contributed by atoms with Crippen molar-refractivity contribution in [1.82, 2.24) is 14.9 Å². The molecule has 3 aromatic rings. The molecule has 1 N–H and O–H groups in total. The van der Waals surface area contributed by atoms with E-state index in [1.807, 2.05) is 49.4 Å². The molecule has 0 saturated heterocycles. The van der Waals surface area contributed by atoms with Crippen LogP contribution >= 0.6 is 0 Å². The van der Waals surface area contributed by atoms with Gasteiger partial charge in [-0.25, -0.2) is 9.97 Å². The summed E-state index contributed by atoms with van der Waals surface area (Å²) >= 11 is 0. The predicted molar refractivity (Wildman–Crippen MR) is 95.9 cm³/mol. The van der Waals surface area contributed by atoms with Crippen molar-refractivity contribution >= 4 is 11.6 Å². The first-order valence-electron chi connectivity index (χ1n) is 8.02. The lowest BCUT2D eigenvalue weighted by molar-refractivity contribution is -0.128. The van der Waals surface area contributed by atoms with Gasteiger partial charge in [0.2, 0.25) is 5.91 Å². The Bertz CT molecular complexity index is 829. The number of hydrogen-bond acceptors (Lipinski definition) is 5. The molecule has 3 rings (SSSR count). The first kappa shape index (κ1) is 16.7. The molecule has 0 unspecified atom stereocenters. The van der Waals surface area contributed by atoms with E-state index >= 15 is 0 Å². The number of carbonyl (C=O) groups is 1. The molecule has 6 heteroatoms. The van der Waals surface area contributed by atoms with Crippen LogP contribution in [0.3, 0.4) is 0 Å². The van der Waals surface area contributed by atoms with Crippen molar-refractivity contribution in [3.05, 3.63) is 66.4 Å². The van der Waals surface area contributed by atoms with Crippen LogP contribution in [0.5, 0.6) is 0 Å². The van der Waals surface area contributed by atoms with Crippen LogP contribution in [-0.4, -0.2) is 34.4 Å². The van der Waals surface area contributed by atoms with E-state index in [0.717, 1.165) is 22.7 Å². The van der Waals surface area contributed by atoms with Gasteiger partial charge in [-0.1, -0.05) is 0 Å². The van der Waals surface area contributed by atoms with Gasteiger partial charge in [0.1, 0.15) is 5.76 Å². The Labute approximate surface area is 146 Å². The highest BCUT2D eigenvalue weighted by Crippen LogP contribution is 2.18. The SMILES string of the molecule is Cc1ccnc(-c2ccc(NCC(=O)N(C)Cc3ccco3)cc2)n1. The fourth-order valence-corrected chi connectivity index (χ4v) is 2.36. The summed E-state index contributed by atoms with van der Waals surface area (Å²) in [5, 5.41) is 3.13. The van der Waals surface area contributed by atoms with Gasteiger partial charge in [-0.2, -0.15) is 0 Å². The topological polar surface area (TPSA) is 71.3 Å². The zero-order chi connectivity index (χ0) is 17.6. The fourth-order valence-electron chi connectivity index (χ4n) is 2.36. The van der Waals surface area contributed by atoms with Gasteiger partial charge in [0.05, 0.1) is 19.4 Å². The van der Waals surface area contributed by atoms with Crippen molar-refractivity contribution < 1.29 is 9.21 Å². The Morgan fingerprint density at radius 2 is 2.00 bits per heavy atom. The Balaban J connectivity index is 1.55. The van der Waals surface area contributed by atoms with Crippen LogP contribution in [0.2, 0.25) is 0 Å². The lowest BCUT2D eigenvalue weighted by Gasteiger charge is -2.16. The maximum Gasteiger partial charge on any atom is 0.242 e. The summed E-state index contributed by atoms with van der Waals surface area (Å²) in [5.74, 6) is 1.45. The standard InChI is InChI=1S/C19H20N4O2/c1-14-9-10-20-19(22-14)15-5-7-16(8-6-15)21-12-18(24)23(2)13-17-4-3-11-25-17/h3-11,21H,12-13H2,1-2H3. The van der Waals surface area contributed by atoms with E-state index in [9.17, 15) is 4.79 Å². The lowest BCUT2D eigenvalue weighted by Crippen LogP contribution is -2.31. The highest BCUT2D eigenvalue weighted by Gasteiger charge is 2.10. The minimum atomic E-state index is -0.0116. The maximum atomic E-state index is 12.2. The van der Waals surface area contributed by atoms with E-state index in [-0.39, 0.29) is 12.5 Å². The molecule has 25 heavy (non-hydrogen) atoms. The van der Waals surface area contributed by atoms with Crippen molar-refractivity contribution in [2.45, 2.75) is 13.5 Å². The third-order valence-electron chi connectivity index (χ3n) is 3.78. The molecule has 0 saturated carbocycles. The van der Waals surface area contributed by atoms with E-state index in [1.54, 1.807) is 24.4 Å². The van der Waals surface area contributed by atoms with Gasteiger partial charge >= 0.3 is 0 Å². The third kappa shape index (κ3) is 4.44. The second-order valence-electron chi connectivity index (χ2n) is 5.78. The van der Waals surface area contributed by atoms with Gasteiger partial charge in [0.15, 0.2) is 5.82 Å². The minimum absolute atomic E-state index is 0.0116. The largest absolute Gasteiger partial charge is 0.467 e. The molecular formula is C19H20N4O2. The summed E-state index contributed by atoms with van der Waals surface area (Å²) in [4.78, 5) is 22.5. The molecule has 1 amide bonds. The summed E-state index contributed by atoms with van der Waals surface area (Å²) in [7, 11) is 1.75. The second kappa shape index (κ2) is 7.61. The number of likely N-dealkylation sites (N-methyl/N-ethyl adjacent to an activating group) is 1. The summed E-state index contributed by atoms with van der Waals surface area (Å²) < 4.78 is 5.25. The molecule has 0 spiro atoms. The van der Waals surface area contributed by atoms with Crippen LogP contribution in [0.15, 0.2) is 59.3 Å². The number of nitrogens with one attached hydrogen (secondary N) is 1. The lowest BCUT2D eigenvalue weighted by atomic mass is 10.2. The van der Waals surface area contributed by atoms with Crippen molar-refractivity contribution in [1.29, 1.82) is 0 Å². The minimum Gasteiger partial charge on any atom is -0.467 e. The molecule has 0 radical (unpaired) electrons. The highest BCUT2D eigenvalue weighted by atomic mass is 16.3. The number of aromatic nitrogens is 2. The molecule has 0 bridgehead atoms. The molecule has 1 aromatic carbocycles. The molecule has 0 fully saturated rings. The number of benzene rings is 1. The molecule has 0 aliphatic rings. The Morgan fingerprint density at radius 3 is 2.68 bits per heavy atom. The molecule has 0 aliphatic heterocycles.